The highest BCUT2D eigenvalue weighted by Crippen LogP contribution is 2.16. The van der Waals surface area contributed by atoms with Gasteiger partial charge in [0, 0.05) is 0 Å². The predicted octanol–water partition coefficient (Wildman–Crippen LogP) is 3.18. The van der Waals surface area contributed by atoms with E-state index in [1.165, 1.54) is 23.5 Å². The van der Waals surface area contributed by atoms with Gasteiger partial charge in [0.2, 0.25) is 5.91 Å². The summed E-state index contributed by atoms with van der Waals surface area (Å²) in [4.78, 5) is 10.5. The normalized spacial score (nSPS) is 11.0. The van der Waals surface area contributed by atoms with Crippen molar-refractivity contribution in [2.45, 2.75) is 0 Å². The largest absolute Gasteiger partial charge is 0.366 e. The number of benzene rings is 1. The molecular formula is C13H11ClFNO4S2. The van der Waals surface area contributed by atoms with E-state index in [4.69, 9.17) is 21.9 Å². The van der Waals surface area contributed by atoms with Crippen molar-refractivity contribution in [3.63, 3.8) is 0 Å². The maximum atomic E-state index is 12.4. The molecule has 1 aromatic heterocycles. The van der Waals surface area contributed by atoms with E-state index in [1.807, 2.05) is 5.38 Å². The molecule has 5 nitrogen and oxygen atoms in total. The van der Waals surface area contributed by atoms with Crippen LogP contribution in [0.3, 0.4) is 0 Å². The Morgan fingerprint density at radius 3 is 2.50 bits per heavy atom. The van der Waals surface area contributed by atoms with E-state index in [2.05, 4.69) is 0 Å². The molecule has 0 atom stereocenters. The molecule has 0 spiro atoms. The van der Waals surface area contributed by atoms with Crippen LogP contribution in [0, 0.1) is 5.82 Å². The van der Waals surface area contributed by atoms with Gasteiger partial charge in [-0.2, -0.15) is 19.8 Å². The lowest BCUT2D eigenvalue weighted by atomic mass is 10.2. The van der Waals surface area contributed by atoms with Crippen LogP contribution in [-0.2, 0) is 10.1 Å². The smallest absolute Gasteiger partial charge is 0.287 e. The van der Waals surface area contributed by atoms with Crippen molar-refractivity contribution in [2.75, 3.05) is 0 Å². The zero-order valence-corrected chi connectivity index (χ0v) is 13.3. The Kier molecular flexibility index (Phi) is 6.69. The molecule has 2 rings (SSSR count). The van der Waals surface area contributed by atoms with Gasteiger partial charge in [0.25, 0.3) is 10.1 Å². The summed E-state index contributed by atoms with van der Waals surface area (Å²) in [5.41, 5.74) is 5.82. The SMILES string of the molecule is NC(=O)c1ccc(F)cc1Cl.O=S(=O)(O)C=Cc1ccsc1. The summed E-state index contributed by atoms with van der Waals surface area (Å²) >= 11 is 6.95. The molecule has 1 amide bonds. The highest BCUT2D eigenvalue weighted by atomic mass is 35.5. The molecule has 0 aliphatic heterocycles. The van der Waals surface area contributed by atoms with E-state index >= 15 is 0 Å². The zero-order valence-electron chi connectivity index (χ0n) is 10.9. The van der Waals surface area contributed by atoms with Crippen molar-refractivity contribution in [3.8, 4) is 0 Å². The fourth-order valence-electron chi connectivity index (χ4n) is 1.22. The van der Waals surface area contributed by atoms with Crippen molar-refractivity contribution in [1.29, 1.82) is 0 Å². The van der Waals surface area contributed by atoms with Crippen LogP contribution in [-0.4, -0.2) is 18.9 Å². The molecule has 0 radical (unpaired) electrons. The summed E-state index contributed by atoms with van der Waals surface area (Å²) in [6.07, 6.45) is 1.34. The van der Waals surface area contributed by atoms with Crippen molar-refractivity contribution in [2.24, 2.45) is 5.73 Å². The Bertz CT molecular complexity index is 773. The van der Waals surface area contributed by atoms with Crippen LogP contribution in [0.5, 0.6) is 0 Å². The first-order chi connectivity index (χ1) is 10.2. The quantitative estimate of drug-likeness (QED) is 0.818. The molecular weight excluding hydrogens is 353 g/mol. The van der Waals surface area contributed by atoms with Crippen molar-refractivity contribution in [3.05, 3.63) is 62.4 Å². The first-order valence-electron chi connectivity index (χ1n) is 5.61. The molecule has 0 bridgehead atoms. The first-order valence-corrected chi connectivity index (χ1v) is 8.44. The second-order valence-corrected chi connectivity index (χ2v) is 6.35. The summed E-state index contributed by atoms with van der Waals surface area (Å²) in [5.74, 6) is -1.14. The van der Waals surface area contributed by atoms with E-state index in [-0.39, 0.29) is 10.6 Å². The van der Waals surface area contributed by atoms with Crippen molar-refractivity contribution < 1.29 is 22.2 Å². The zero-order chi connectivity index (χ0) is 16.8. The Morgan fingerprint density at radius 2 is 2.05 bits per heavy atom. The summed E-state index contributed by atoms with van der Waals surface area (Å²) in [5, 5.41) is 4.40. The lowest BCUT2D eigenvalue weighted by Gasteiger charge is -1.97. The molecule has 22 heavy (non-hydrogen) atoms. The molecule has 118 valence electrons. The van der Waals surface area contributed by atoms with E-state index in [9.17, 15) is 17.6 Å². The summed E-state index contributed by atoms with van der Waals surface area (Å²) in [6, 6.07) is 5.18. The molecule has 1 aromatic carbocycles. The standard InChI is InChI=1S/C7H5ClFNO.C6H6O3S2/c8-6-3-4(9)1-2-5(6)7(10)11;7-11(8,9)4-2-6-1-3-10-5-6/h1-3H,(H2,10,11);1-5H,(H,7,8,9). The van der Waals surface area contributed by atoms with Crippen LogP contribution >= 0.6 is 22.9 Å². The van der Waals surface area contributed by atoms with Crippen LogP contribution in [0.25, 0.3) is 6.08 Å². The van der Waals surface area contributed by atoms with Crippen LogP contribution in [0.4, 0.5) is 4.39 Å². The number of carbonyl (C=O) groups is 1. The number of amides is 1. The highest BCUT2D eigenvalue weighted by molar-refractivity contribution is 7.88. The third kappa shape index (κ3) is 6.81. The number of carbonyl (C=O) groups excluding carboxylic acids is 1. The number of primary amides is 1. The lowest BCUT2D eigenvalue weighted by Crippen LogP contribution is -2.11. The second-order valence-electron chi connectivity index (χ2n) is 3.86. The highest BCUT2D eigenvalue weighted by Gasteiger charge is 2.05. The van der Waals surface area contributed by atoms with E-state index in [0.29, 0.717) is 0 Å². The summed E-state index contributed by atoms with van der Waals surface area (Å²) in [6.45, 7) is 0. The monoisotopic (exact) mass is 363 g/mol. The van der Waals surface area contributed by atoms with Gasteiger partial charge in [-0.15, -0.1) is 0 Å². The minimum absolute atomic E-state index is 0.0394. The fraction of sp³-hybridized carbons (Fsp3) is 0. The number of rotatable bonds is 3. The van der Waals surface area contributed by atoms with E-state index < -0.39 is 21.8 Å². The second kappa shape index (κ2) is 8.04. The third-order valence-electron chi connectivity index (χ3n) is 2.17. The molecule has 0 unspecified atom stereocenters. The van der Waals surface area contributed by atoms with Gasteiger partial charge in [-0.25, -0.2) is 4.39 Å². The van der Waals surface area contributed by atoms with Gasteiger partial charge in [-0.05, 0) is 46.7 Å². The van der Waals surface area contributed by atoms with Crippen LogP contribution in [0.15, 0.2) is 40.4 Å². The predicted molar refractivity (Wildman–Crippen MR) is 84.8 cm³/mol. The Morgan fingerprint density at radius 1 is 1.36 bits per heavy atom. The third-order valence-corrected chi connectivity index (χ3v) is 3.67. The minimum atomic E-state index is -3.98. The molecule has 0 saturated carbocycles. The molecule has 1 heterocycles. The molecule has 3 N–H and O–H groups in total. The van der Waals surface area contributed by atoms with E-state index in [0.717, 1.165) is 23.1 Å². The van der Waals surface area contributed by atoms with E-state index in [1.54, 1.807) is 11.4 Å². The summed E-state index contributed by atoms with van der Waals surface area (Å²) < 4.78 is 41.1. The van der Waals surface area contributed by atoms with Gasteiger partial charge in [0.1, 0.15) is 5.82 Å². The molecule has 0 aliphatic carbocycles. The molecule has 0 saturated heterocycles. The topological polar surface area (TPSA) is 97.5 Å². The van der Waals surface area contributed by atoms with Gasteiger partial charge < -0.3 is 5.73 Å². The van der Waals surface area contributed by atoms with Crippen LogP contribution in [0.2, 0.25) is 5.02 Å². The van der Waals surface area contributed by atoms with Crippen LogP contribution < -0.4 is 5.73 Å². The number of hydrogen-bond donors (Lipinski definition) is 2. The summed E-state index contributed by atoms with van der Waals surface area (Å²) in [7, 11) is -3.98. The number of hydrogen-bond acceptors (Lipinski definition) is 4. The number of nitrogens with two attached hydrogens (primary N) is 1. The average molecular weight is 364 g/mol. The van der Waals surface area contributed by atoms with Crippen molar-refractivity contribution >= 4 is 45.0 Å². The fourth-order valence-corrected chi connectivity index (χ4v) is 2.44. The Hall–Kier alpha value is -1.74. The number of thiophene rings is 1. The van der Waals surface area contributed by atoms with Gasteiger partial charge in [-0.3, -0.25) is 9.35 Å². The molecule has 9 heteroatoms. The van der Waals surface area contributed by atoms with Gasteiger partial charge in [0.15, 0.2) is 0 Å². The molecule has 2 aromatic rings. The van der Waals surface area contributed by atoms with Gasteiger partial charge >= 0.3 is 0 Å². The maximum absolute atomic E-state index is 12.4. The maximum Gasteiger partial charge on any atom is 0.287 e. The van der Waals surface area contributed by atoms with Gasteiger partial charge in [0.05, 0.1) is 16.0 Å². The first kappa shape index (κ1) is 18.3. The van der Waals surface area contributed by atoms with Crippen molar-refractivity contribution in [1.82, 2.24) is 0 Å². The van der Waals surface area contributed by atoms with Gasteiger partial charge in [-0.1, -0.05) is 11.6 Å². The Balaban J connectivity index is 0.000000220. The van der Waals surface area contributed by atoms with Crippen LogP contribution in [0.1, 0.15) is 15.9 Å². The lowest BCUT2D eigenvalue weighted by molar-refractivity contribution is 0.100. The molecule has 0 aliphatic rings. The Labute approximate surface area is 135 Å². The molecule has 0 fully saturated rings. The number of halogens is 2. The average Bonchev–Trinajstić information content (AvgIpc) is 2.89. The minimum Gasteiger partial charge on any atom is -0.366 e.